The molecule has 13 heteroatoms. The Morgan fingerprint density at radius 3 is 2.31 bits per heavy atom. The molecule has 0 aliphatic carbocycles. The van der Waals surface area contributed by atoms with Crippen LogP contribution < -0.4 is 15.2 Å². The summed E-state index contributed by atoms with van der Waals surface area (Å²) in [6.07, 6.45) is 1.23. The molecule has 1 aromatic carbocycles. The summed E-state index contributed by atoms with van der Waals surface area (Å²) in [5, 5.41) is 4.88. The van der Waals surface area contributed by atoms with Crippen molar-refractivity contribution in [2.75, 3.05) is 40.2 Å². The summed E-state index contributed by atoms with van der Waals surface area (Å²) in [6, 6.07) is 0.283. The zero-order valence-electron chi connectivity index (χ0n) is 24.5. The fraction of sp³-hybridized carbons (Fsp3) is 0.448. The van der Waals surface area contributed by atoms with E-state index in [9.17, 15) is 9.59 Å². The Morgan fingerprint density at radius 1 is 1.12 bits per heavy atom. The largest absolute Gasteiger partial charge is 0.493 e. The number of rotatable bonds is 6. The lowest BCUT2D eigenvalue weighted by Crippen LogP contribution is -2.41. The highest BCUT2D eigenvalue weighted by molar-refractivity contribution is 6.09. The number of pyridine rings is 1. The van der Waals surface area contributed by atoms with Gasteiger partial charge in [0.15, 0.2) is 28.9 Å². The van der Waals surface area contributed by atoms with Crippen LogP contribution in [0.4, 0.5) is 19.4 Å². The number of methoxy groups -OCH3 is 3. The second kappa shape index (κ2) is 11.8. The predicted octanol–water partition coefficient (Wildman–Crippen LogP) is 4.11. The number of benzene rings is 1. The van der Waals surface area contributed by atoms with Crippen LogP contribution >= 0.6 is 0 Å². The van der Waals surface area contributed by atoms with Crippen LogP contribution in [0.3, 0.4) is 0 Å². The first-order chi connectivity index (χ1) is 19.8. The van der Waals surface area contributed by atoms with E-state index in [0.717, 1.165) is 6.07 Å². The number of ketones is 1. The molecule has 1 fully saturated rings. The van der Waals surface area contributed by atoms with Gasteiger partial charge in [0, 0.05) is 25.9 Å². The average molecular weight is 586 g/mol. The van der Waals surface area contributed by atoms with E-state index in [1.807, 2.05) is 0 Å². The highest BCUT2D eigenvalue weighted by Crippen LogP contribution is 2.36. The maximum Gasteiger partial charge on any atom is 0.410 e. The molecular weight excluding hydrogens is 552 g/mol. The van der Waals surface area contributed by atoms with Gasteiger partial charge in [0.1, 0.15) is 22.7 Å². The number of carbonyl (C=O) groups is 2. The van der Waals surface area contributed by atoms with E-state index in [-0.39, 0.29) is 58.9 Å². The third kappa shape index (κ3) is 5.80. The van der Waals surface area contributed by atoms with Crippen LogP contribution in [0.15, 0.2) is 12.3 Å². The van der Waals surface area contributed by atoms with Gasteiger partial charge in [0.2, 0.25) is 0 Å². The van der Waals surface area contributed by atoms with Crippen molar-refractivity contribution in [3.05, 3.63) is 40.7 Å². The Hall–Kier alpha value is -4.44. The predicted molar refractivity (Wildman–Crippen MR) is 150 cm³/mol. The summed E-state index contributed by atoms with van der Waals surface area (Å²) >= 11 is 0. The summed E-state index contributed by atoms with van der Waals surface area (Å²) in [5.74, 6) is 2.35. The molecule has 0 unspecified atom stereocenters. The van der Waals surface area contributed by atoms with Crippen LogP contribution in [0.5, 0.6) is 11.5 Å². The first-order valence-electron chi connectivity index (χ1n) is 13.1. The van der Waals surface area contributed by atoms with Crippen LogP contribution in [-0.4, -0.2) is 77.7 Å². The number of anilines is 1. The van der Waals surface area contributed by atoms with Crippen LogP contribution in [-0.2, 0) is 9.47 Å². The van der Waals surface area contributed by atoms with Crippen molar-refractivity contribution in [2.24, 2.45) is 0 Å². The Bertz CT molecular complexity index is 1580. The van der Waals surface area contributed by atoms with Gasteiger partial charge in [-0.3, -0.25) is 9.48 Å². The number of ether oxygens (including phenoxy) is 4. The number of likely N-dealkylation sites (tertiary alicyclic amines) is 1. The first kappa shape index (κ1) is 30.5. The number of amides is 1. The van der Waals surface area contributed by atoms with Crippen molar-refractivity contribution < 1.29 is 37.3 Å². The monoisotopic (exact) mass is 585 g/mol. The molecule has 1 saturated heterocycles. The van der Waals surface area contributed by atoms with Crippen LogP contribution in [0, 0.1) is 23.5 Å². The number of nitrogens with zero attached hydrogens (tertiary/aromatic N) is 4. The maximum absolute atomic E-state index is 15.0. The number of hydrogen-bond donors (Lipinski definition) is 1. The van der Waals surface area contributed by atoms with E-state index in [2.05, 4.69) is 21.9 Å². The van der Waals surface area contributed by atoms with Gasteiger partial charge < -0.3 is 29.6 Å². The number of fused-ring (bicyclic) bond motifs is 1. The first-order valence-corrected chi connectivity index (χ1v) is 13.1. The maximum atomic E-state index is 15.0. The smallest absolute Gasteiger partial charge is 0.410 e. The average Bonchev–Trinajstić information content (AvgIpc) is 3.50. The van der Waals surface area contributed by atoms with E-state index in [4.69, 9.17) is 24.7 Å². The zero-order valence-corrected chi connectivity index (χ0v) is 24.5. The summed E-state index contributed by atoms with van der Waals surface area (Å²) in [5.41, 5.74) is 5.53. The molecule has 1 aliphatic rings. The fourth-order valence-corrected chi connectivity index (χ4v) is 4.89. The minimum Gasteiger partial charge on any atom is -0.493 e. The second-order valence-corrected chi connectivity index (χ2v) is 10.8. The van der Waals surface area contributed by atoms with E-state index >= 15 is 8.78 Å². The van der Waals surface area contributed by atoms with E-state index in [0.29, 0.717) is 11.9 Å². The van der Waals surface area contributed by atoms with Crippen LogP contribution in [0.25, 0.3) is 10.9 Å². The lowest BCUT2D eigenvalue weighted by atomic mass is 10.1. The summed E-state index contributed by atoms with van der Waals surface area (Å²) in [6.45, 7) is 7.11. The Labute approximate surface area is 241 Å². The molecule has 42 heavy (non-hydrogen) atoms. The molecule has 3 heterocycles. The van der Waals surface area contributed by atoms with Gasteiger partial charge in [0.25, 0.3) is 0 Å². The third-order valence-corrected chi connectivity index (χ3v) is 6.74. The molecule has 224 valence electrons. The molecule has 3 aromatic rings. The van der Waals surface area contributed by atoms with E-state index < -0.39 is 34.9 Å². The van der Waals surface area contributed by atoms with Gasteiger partial charge in [-0.25, -0.2) is 18.6 Å². The molecule has 1 amide bonds. The molecule has 0 bridgehead atoms. The van der Waals surface area contributed by atoms with Crippen molar-refractivity contribution >= 4 is 28.6 Å². The van der Waals surface area contributed by atoms with Gasteiger partial charge in [-0.2, -0.15) is 5.10 Å². The molecule has 11 nitrogen and oxygen atoms in total. The fourth-order valence-electron chi connectivity index (χ4n) is 4.89. The van der Waals surface area contributed by atoms with Crippen molar-refractivity contribution in [2.45, 2.75) is 51.8 Å². The minimum atomic E-state index is -1.02. The topological polar surface area (TPSA) is 131 Å². The molecule has 2 N–H and O–H groups in total. The molecule has 0 radical (unpaired) electrons. The lowest BCUT2D eigenvalue weighted by Gasteiger charge is -2.28. The Balaban J connectivity index is 1.89. The number of halogens is 2. The van der Waals surface area contributed by atoms with Crippen molar-refractivity contribution in [3.8, 4) is 23.3 Å². The summed E-state index contributed by atoms with van der Waals surface area (Å²) in [4.78, 5) is 31.4. The van der Waals surface area contributed by atoms with Gasteiger partial charge in [-0.05, 0) is 40.0 Å². The highest BCUT2D eigenvalue weighted by Gasteiger charge is 2.40. The van der Waals surface area contributed by atoms with Gasteiger partial charge in [-0.1, -0.05) is 5.92 Å². The van der Waals surface area contributed by atoms with Gasteiger partial charge in [-0.15, -0.1) is 0 Å². The highest BCUT2D eigenvalue weighted by atomic mass is 19.1. The second-order valence-electron chi connectivity index (χ2n) is 10.8. The SMILES string of the molecule is COC[C@H]1C[C@H](n2nc(C#Cc3c(F)c(OC)cc(OC)c3F)c3c(N)ncc(C(C)=O)c32)CN1C(=O)OC(C)(C)C. The minimum absolute atomic E-state index is 0.0187. The molecule has 1 aliphatic heterocycles. The standard InChI is InChI=1S/C29H33F2N5O6/c1-15(37)19-12-33-27(32)23-20(9-8-18-24(30)21(40-6)11-22(41-7)25(18)31)34-36(26(19)23)16-10-17(14-39-5)35(13-16)28(38)42-29(2,3)4/h11-12,16-17H,10,13-14H2,1-7H3,(H2,32,33)/t16-,17+/m0/s1. The zero-order chi connectivity index (χ0) is 30.9. The van der Waals surface area contributed by atoms with Crippen LogP contribution in [0.2, 0.25) is 0 Å². The Morgan fingerprint density at radius 2 is 1.76 bits per heavy atom. The summed E-state index contributed by atoms with van der Waals surface area (Å²) in [7, 11) is 4.00. The third-order valence-electron chi connectivity index (χ3n) is 6.74. The van der Waals surface area contributed by atoms with Gasteiger partial charge >= 0.3 is 6.09 Å². The van der Waals surface area contributed by atoms with Gasteiger partial charge in [0.05, 0.1) is 49.4 Å². The van der Waals surface area contributed by atoms with Crippen molar-refractivity contribution in [1.29, 1.82) is 0 Å². The molecule has 4 rings (SSSR count). The quantitative estimate of drug-likeness (QED) is 0.335. The van der Waals surface area contributed by atoms with Crippen molar-refractivity contribution in [1.82, 2.24) is 19.7 Å². The van der Waals surface area contributed by atoms with E-state index in [1.165, 1.54) is 34.4 Å². The number of Topliss-reactive ketones (excluding diaryl/α,β-unsaturated/α-hetero) is 1. The molecule has 2 aromatic heterocycles. The number of hydrogen-bond acceptors (Lipinski definition) is 9. The Kier molecular flexibility index (Phi) is 8.58. The van der Waals surface area contributed by atoms with Crippen molar-refractivity contribution in [3.63, 3.8) is 0 Å². The molecule has 0 spiro atoms. The summed E-state index contributed by atoms with van der Waals surface area (Å²) < 4.78 is 52.6. The number of carbonyl (C=O) groups excluding carboxylic acids is 2. The molecule has 2 atom stereocenters. The van der Waals surface area contributed by atoms with E-state index in [1.54, 1.807) is 30.4 Å². The molecular formula is C29H33F2N5O6. The molecule has 0 saturated carbocycles. The lowest BCUT2D eigenvalue weighted by molar-refractivity contribution is 0.0145. The normalized spacial score (nSPS) is 16.7. The number of nitrogen functional groups attached to an aromatic ring is 1. The number of aromatic nitrogens is 3. The number of nitrogens with two attached hydrogens (primary N) is 1. The van der Waals surface area contributed by atoms with Crippen LogP contribution in [0.1, 0.15) is 61.8 Å².